The zero-order valence-electron chi connectivity index (χ0n) is 9.23. The second-order valence-electron chi connectivity index (χ2n) is 4.28. The summed E-state index contributed by atoms with van der Waals surface area (Å²) < 4.78 is 5.13. The van der Waals surface area contributed by atoms with E-state index in [-0.39, 0.29) is 6.42 Å². The number of benzene rings is 1. The molecule has 1 heterocycles. The van der Waals surface area contributed by atoms with Gasteiger partial charge in [-0.2, -0.15) is 0 Å². The molecule has 1 aromatic carbocycles. The van der Waals surface area contributed by atoms with Crippen molar-refractivity contribution in [3.05, 3.63) is 35.9 Å². The van der Waals surface area contributed by atoms with Gasteiger partial charge in [-0.3, -0.25) is 0 Å². The van der Waals surface area contributed by atoms with Crippen LogP contribution in [0.3, 0.4) is 0 Å². The maximum Gasteiger partial charge on any atom is 0.199 e. The van der Waals surface area contributed by atoms with Gasteiger partial charge in [0.25, 0.3) is 0 Å². The van der Waals surface area contributed by atoms with E-state index in [0.29, 0.717) is 0 Å². The van der Waals surface area contributed by atoms with Crippen LogP contribution < -0.4 is 0 Å². The lowest BCUT2D eigenvalue weighted by molar-refractivity contribution is -0.229. The van der Waals surface area contributed by atoms with Crippen molar-refractivity contribution in [2.45, 2.75) is 30.5 Å². The molecule has 0 amide bonds. The number of ether oxygens (including phenoxy) is 1. The highest BCUT2D eigenvalue weighted by Gasteiger charge is 2.52. The van der Waals surface area contributed by atoms with E-state index in [0.717, 1.165) is 5.56 Å². The Balaban J connectivity index is 2.15. The molecule has 1 aromatic rings. The Hall–Kier alpha value is -0.980. The van der Waals surface area contributed by atoms with Gasteiger partial charge in [0, 0.05) is 6.42 Å². The summed E-state index contributed by atoms with van der Waals surface area (Å²) in [4.78, 5) is 0. The molecule has 0 aliphatic carbocycles. The maximum atomic E-state index is 10.1. The van der Waals surface area contributed by atoms with E-state index in [1.807, 2.05) is 6.07 Å². The summed E-state index contributed by atoms with van der Waals surface area (Å²) in [6, 6.07) is 9.02. The Morgan fingerprint density at radius 3 is 2.35 bits per heavy atom. The third kappa shape index (κ3) is 2.34. The molecule has 5 nitrogen and oxygen atoms in total. The molecule has 1 saturated heterocycles. The molecule has 94 valence electrons. The zero-order valence-corrected chi connectivity index (χ0v) is 9.23. The van der Waals surface area contributed by atoms with E-state index < -0.39 is 30.7 Å². The lowest BCUT2D eigenvalue weighted by Crippen LogP contribution is -2.44. The van der Waals surface area contributed by atoms with Crippen LogP contribution in [0, 0.1) is 0 Å². The minimum Gasteiger partial charge on any atom is -0.394 e. The van der Waals surface area contributed by atoms with Crippen LogP contribution in [0.15, 0.2) is 30.3 Å². The van der Waals surface area contributed by atoms with Crippen molar-refractivity contribution in [3.8, 4) is 0 Å². The van der Waals surface area contributed by atoms with Crippen LogP contribution in [0.25, 0.3) is 0 Å². The molecule has 4 atom stereocenters. The number of rotatable bonds is 3. The summed E-state index contributed by atoms with van der Waals surface area (Å²) >= 11 is 0. The van der Waals surface area contributed by atoms with Crippen LogP contribution in [-0.4, -0.2) is 51.1 Å². The highest BCUT2D eigenvalue weighted by atomic mass is 16.7. The highest BCUT2D eigenvalue weighted by molar-refractivity contribution is 5.17. The molecule has 0 unspecified atom stereocenters. The molecule has 5 heteroatoms. The zero-order chi connectivity index (χ0) is 12.5. The maximum absolute atomic E-state index is 10.1. The molecule has 2 rings (SSSR count). The first-order valence-corrected chi connectivity index (χ1v) is 5.48. The Bertz CT molecular complexity index is 368. The average molecular weight is 240 g/mol. The number of aliphatic hydroxyl groups is 4. The minimum absolute atomic E-state index is 0.0581. The molecule has 1 fully saturated rings. The van der Waals surface area contributed by atoms with Crippen LogP contribution >= 0.6 is 0 Å². The first-order chi connectivity index (χ1) is 8.07. The van der Waals surface area contributed by atoms with Crippen molar-refractivity contribution < 1.29 is 25.2 Å². The van der Waals surface area contributed by atoms with Crippen LogP contribution in [-0.2, 0) is 11.2 Å². The predicted molar refractivity (Wildman–Crippen MR) is 59.1 cm³/mol. The molecule has 4 N–H and O–H groups in total. The van der Waals surface area contributed by atoms with Crippen LogP contribution in [0.1, 0.15) is 5.56 Å². The average Bonchev–Trinajstić information content (AvgIpc) is 2.55. The van der Waals surface area contributed by atoms with Crippen molar-refractivity contribution >= 4 is 0 Å². The molecule has 1 aliphatic heterocycles. The highest BCUT2D eigenvalue weighted by Crippen LogP contribution is 2.31. The van der Waals surface area contributed by atoms with Crippen LogP contribution in [0.5, 0.6) is 0 Å². The summed E-state index contributed by atoms with van der Waals surface area (Å²) in [5.74, 6) is -1.85. The second kappa shape index (κ2) is 4.72. The van der Waals surface area contributed by atoms with Gasteiger partial charge in [0.15, 0.2) is 5.79 Å². The normalized spacial score (nSPS) is 37.3. The van der Waals surface area contributed by atoms with E-state index in [4.69, 9.17) is 9.84 Å². The van der Waals surface area contributed by atoms with Crippen molar-refractivity contribution in [2.24, 2.45) is 0 Å². The monoisotopic (exact) mass is 240 g/mol. The third-order valence-electron chi connectivity index (χ3n) is 3.00. The van der Waals surface area contributed by atoms with Gasteiger partial charge < -0.3 is 25.2 Å². The SMILES string of the molecule is OC[C@H]1O[C@](O)(Cc2ccccc2)[C@H](O)[C@@H]1O. The molecule has 0 bridgehead atoms. The number of hydrogen-bond donors (Lipinski definition) is 4. The lowest BCUT2D eigenvalue weighted by Gasteiger charge is -2.26. The van der Waals surface area contributed by atoms with Crippen LogP contribution in [0.2, 0.25) is 0 Å². The molecule has 0 aromatic heterocycles. The Morgan fingerprint density at radius 1 is 1.18 bits per heavy atom. The summed E-state index contributed by atoms with van der Waals surface area (Å²) in [6.07, 6.45) is -3.62. The topological polar surface area (TPSA) is 90.2 Å². The summed E-state index contributed by atoms with van der Waals surface area (Å²) in [5, 5.41) is 38.4. The Labute approximate surface area is 98.9 Å². The van der Waals surface area contributed by atoms with Crippen molar-refractivity contribution in [2.75, 3.05) is 6.61 Å². The van der Waals surface area contributed by atoms with E-state index >= 15 is 0 Å². The summed E-state index contributed by atoms with van der Waals surface area (Å²) in [7, 11) is 0. The van der Waals surface area contributed by atoms with E-state index in [1.165, 1.54) is 0 Å². The van der Waals surface area contributed by atoms with E-state index in [9.17, 15) is 15.3 Å². The second-order valence-corrected chi connectivity index (χ2v) is 4.28. The van der Waals surface area contributed by atoms with Gasteiger partial charge in [-0.15, -0.1) is 0 Å². The standard InChI is InChI=1S/C12H16O5/c13-7-9-10(14)11(15)12(16,17-9)6-8-4-2-1-3-5-8/h1-5,9-11,13-16H,6-7H2/t9-,10-,11-,12-/m1/s1. The minimum atomic E-state index is -1.85. The molecule has 0 spiro atoms. The van der Waals surface area contributed by atoms with Gasteiger partial charge in [-0.1, -0.05) is 30.3 Å². The van der Waals surface area contributed by atoms with Gasteiger partial charge in [-0.05, 0) is 5.56 Å². The molecule has 0 saturated carbocycles. The molecule has 17 heavy (non-hydrogen) atoms. The fraction of sp³-hybridized carbons (Fsp3) is 0.500. The van der Waals surface area contributed by atoms with Gasteiger partial charge in [0.2, 0.25) is 0 Å². The first-order valence-electron chi connectivity index (χ1n) is 5.48. The smallest absolute Gasteiger partial charge is 0.199 e. The summed E-state index contributed by atoms with van der Waals surface area (Å²) in [6.45, 7) is -0.449. The Morgan fingerprint density at radius 2 is 1.82 bits per heavy atom. The van der Waals surface area contributed by atoms with Gasteiger partial charge >= 0.3 is 0 Å². The van der Waals surface area contributed by atoms with Crippen molar-refractivity contribution in [3.63, 3.8) is 0 Å². The molecular formula is C12H16O5. The van der Waals surface area contributed by atoms with Crippen LogP contribution in [0.4, 0.5) is 0 Å². The summed E-state index contributed by atoms with van der Waals surface area (Å²) in [5.41, 5.74) is 0.778. The van der Waals surface area contributed by atoms with Crippen molar-refractivity contribution in [1.82, 2.24) is 0 Å². The third-order valence-corrected chi connectivity index (χ3v) is 3.00. The lowest BCUT2D eigenvalue weighted by atomic mass is 9.98. The fourth-order valence-corrected chi connectivity index (χ4v) is 2.05. The van der Waals surface area contributed by atoms with Crippen molar-refractivity contribution in [1.29, 1.82) is 0 Å². The number of aliphatic hydroxyl groups excluding tert-OH is 3. The molecular weight excluding hydrogens is 224 g/mol. The number of hydrogen-bond acceptors (Lipinski definition) is 5. The molecule has 1 aliphatic rings. The quantitative estimate of drug-likeness (QED) is 0.546. The van der Waals surface area contributed by atoms with Gasteiger partial charge in [-0.25, -0.2) is 0 Å². The van der Waals surface area contributed by atoms with E-state index in [1.54, 1.807) is 24.3 Å². The van der Waals surface area contributed by atoms with Gasteiger partial charge in [0.05, 0.1) is 6.61 Å². The largest absolute Gasteiger partial charge is 0.394 e. The Kier molecular flexibility index (Phi) is 3.46. The van der Waals surface area contributed by atoms with E-state index in [2.05, 4.69) is 0 Å². The fourth-order valence-electron chi connectivity index (χ4n) is 2.05. The first kappa shape index (κ1) is 12.5. The van der Waals surface area contributed by atoms with Gasteiger partial charge in [0.1, 0.15) is 18.3 Å². The molecule has 0 radical (unpaired) electrons. The predicted octanol–water partition coefficient (Wildman–Crippen LogP) is -0.969.